The van der Waals surface area contributed by atoms with Crippen LogP contribution < -0.4 is 0 Å². The molecule has 0 radical (unpaired) electrons. The van der Waals surface area contributed by atoms with Gasteiger partial charge in [-0.25, -0.2) is 0 Å². The Morgan fingerprint density at radius 2 is 2.17 bits per heavy atom. The van der Waals surface area contributed by atoms with Gasteiger partial charge in [0.15, 0.2) is 0 Å². The molecule has 0 amide bonds. The van der Waals surface area contributed by atoms with E-state index < -0.39 is 5.97 Å². The van der Waals surface area contributed by atoms with E-state index >= 15 is 0 Å². The number of nitrogens with zero attached hydrogens (tertiary/aromatic N) is 2. The molecule has 0 aromatic carbocycles. The lowest BCUT2D eigenvalue weighted by Crippen LogP contribution is -2.37. The molecule has 2 atom stereocenters. The van der Waals surface area contributed by atoms with Crippen molar-refractivity contribution < 1.29 is 9.90 Å². The van der Waals surface area contributed by atoms with E-state index in [1.165, 1.54) is 25.9 Å². The maximum atomic E-state index is 10.7. The molecule has 1 N–H and O–H groups in total. The fourth-order valence-electron chi connectivity index (χ4n) is 2.67. The molecule has 0 aliphatic carbocycles. The van der Waals surface area contributed by atoms with Gasteiger partial charge in [-0.2, -0.15) is 0 Å². The van der Waals surface area contributed by atoms with Crippen LogP contribution in [0.15, 0.2) is 0 Å². The SMILES string of the molecule is CCC(C)CN1CCCC(N(C)CC(=O)O)CC1. The van der Waals surface area contributed by atoms with E-state index in [-0.39, 0.29) is 6.54 Å². The minimum Gasteiger partial charge on any atom is -0.480 e. The topological polar surface area (TPSA) is 43.8 Å². The maximum Gasteiger partial charge on any atom is 0.317 e. The van der Waals surface area contributed by atoms with E-state index in [4.69, 9.17) is 5.11 Å². The van der Waals surface area contributed by atoms with E-state index in [2.05, 4.69) is 18.7 Å². The third-order valence-electron chi connectivity index (χ3n) is 4.07. The Bertz CT molecular complexity index is 258. The smallest absolute Gasteiger partial charge is 0.317 e. The molecule has 4 heteroatoms. The van der Waals surface area contributed by atoms with Crippen molar-refractivity contribution in [3.05, 3.63) is 0 Å². The number of carboxylic acid groups (broad SMARTS) is 1. The van der Waals surface area contributed by atoms with Gasteiger partial charge in [0.1, 0.15) is 0 Å². The Kier molecular flexibility index (Phi) is 6.65. The van der Waals surface area contributed by atoms with E-state index in [0.29, 0.717) is 6.04 Å². The zero-order valence-corrected chi connectivity index (χ0v) is 12.1. The van der Waals surface area contributed by atoms with Gasteiger partial charge in [0.05, 0.1) is 6.54 Å². The summed E-state index contributed by atoms with van der Waals surface area (Å²) in [6, 6.07) is 0.433. The number of likely N-dealkylation sites (N-methyl/N-ethyl adjacent to an activating group) is 1. The molecule has 4 nitrogen and oxygen atoms in total. The molecule has 106 valence electrons. The molecule has 1 aliphatic heterocycles. The first-order valence-electron chi connectivity index (χ1n) is 7.17. The Morgan fingerprint density at radius 3 is 2.78 bits per heavy atom. The summed E-state index contributed by atoms with van der Waals surface area (Å²) in [6.45, 7) is 8.17. The predicted molar refractivity (Wildman–Crippen MR) is 73.8 cm³/mol. The first-order valence-corrected chi connectivity index (χ1v) is 7.17. The van der Waals surface area contributed by atoms with Crippen molar-refractivity contribution in [1.82, 2.24) is 9.80 Å². The van der Waals surface area contributed by atoms with E-state index in [1.54, 1.807) is 0 Å². The quantitative estimate of drug-likeness (QED) is 0.788. The Morgan fingerprint density at radius 1 is 1.44 bits per heavy atom. The summed E-state index contributed by atoms with van der Waals surface area (Å²) in [6.07, 6.45) is 4.64. The molecule has 18 heavy (non-hydrogen) atoms. The normalized spacial score (nSPS) is 23.9. The zero-order chi connectivity index (χ0) is 13.5. The van der Waals surface area contributed by atoms with Crippen LogP contribution in [0.25, 0.3) is 0 Å². The van der Waals surface area contributed by atoms with E-state index in [9.17, 15) is 4.79 Å². The second-order valence-electron chi connectivity index (χ2n) is 5.71. The minimum absolute atomic E-state index is 0.163. The second-order valence-corrected chi connectivity index (χ2v) is 5.71. The lowest BCUT2D eigenvalue weighted by atomic mass is 10.1. The van der Waals surface area contributed by atoms with E-state index in [1.807, 2.05) is 11.9 Å². The van der Waals surface area contributed by atoms with Crippen molar-refractivity contribution in [1.29, 1.82) is 0 Å². The molecule has 0 saturated carbocycles. The number of hydrogen-bond acceptors (Lipinski definition) is 3. The van der Waals surface area contributed by atoms with Gasteiger partial charge in [-0.3, -0.25) is 9.69 Å². The van der Waals surface area contributed by atoms with Crippen molar-refractivity contribution >= 4 is 5.97 Å². The fraction of sp³-hybridized carbons (Fsp3) is 0.929. The summed E-state index contributed by atoms with van der Waals surface area (Å²) < 4.78 is 0. The Hall–Kier alpha value is -0.610. The van der Waals surface area contributed by atoms with Gasteiger partial charge >= 0.3 is 5.97 Å². The van der Waals surface area contributed by atoms with Gasteiger partial charge in [-0.05, 0) is 45.3 Å². The van der Waals surface area contributed by atoms with Crippen molar-refractivity contribution in [3.8, 4) is 0 Å². The van der Waals surface area contributed by atoms with Crippen LogP contribution in [0, 0.1) is 5.92 Å². The molecule has 0 spiro atoms. The molecular weight excluding hydrogens is 228 g/mol. The Labute approximate surface area is 111 Å². The lowest BCUT2D eigenvalue weighted by molar-refractivity contribution is -0.138. The van der Waals surface area contributed by atoms with Gasteiger partial charge in [-0.15, -0.1) is 0 Å². The zero-order valence-electron chi connectivity index (χ0n) is 12.1. The molecule has 1 saturated heterocycles. The van der Waals surface area contributed by atoms with Gasteiger partial charge < -0.3 is 10.0 Å². The second kappa shape index (κ2) is 7.74. The Balaban J connectivity index is 2.38. The molecule has 0 aromatic heterocycles. The van der Waals surface area contributed by atoms with Crippen LogP contribution in [0.1, 0.15) is 39.5 Å². The highest BCUT2D eigenvalue weighted by molar-refractivity contribution is 5.69. The summed E-state index contributed by atoms with van der Waals surface area (Å²) in [4.78, 5) is 15.3. The summed E-state index contributed by atoms with van der Waals surface area (Å²) in [5, 5.41) is 8.84. The highest BCUT2D eigenvalue weighted by atomic mass is 16.4. The van der Waals surface area contributed by atoms with Crippen LogP contribution in [0.5, 0.6) is 0 Å². The van der Waals surface area contributed by atoms with Crippen molar-refractivity contribution in [3.63, 3.8) is 0 Å². The average Bonchev–Trinajstić information content (AvgIpc) is 2.53. The lowest BCUT2D eigenvalue weighted by Gasteiger charge is -2.26. The molecule has 2 unspecified atom stereocenters. The number of hydrogen-bond donors (Lipinski definition) is 1. The monoisotopic (exact) mass is 256 g/mol. The summed E-state index contributed by atoms with van der Waals surface area (Å²) in [5.41, 5.74) is 0. The number of aliphatic carboxylic acids is 1. The van der Waals surface area contributed by atoms with Crippen LogP contribution in [0.4, 0.5) is 0 Å². The molecule has 1 rings (SSSR count). The molecule has 1 heterocycles. The van der Waals surface area contributed by atoms with Crippen molar-refractivity contribution in [2.24, 2.45) is 5.92 Å². The predicted octanol–water partition coefficient (Wildman–Crippen LogP) is 1.90. The summed E-state index contributed by atoms with van der Waals surface area (Å²) >= 11 is 0. The van der Waals surface area contributed by atoms with Gasteiger partial charge in [0.2, 0.25) is 0 Å². The van der Waals surface area contributed by atoms with Crippen molar-refractivity contribution in [2.75, 3.05) is 33.2 Å². The minimum atomic E-state index is -0.724. The molecule has 0 aromatic rings. The van der Waals surface area contributed by atoms with Crippen molar-refractivity contribution in [2.45, 2.75) is 45.6 Å². The number of carbonyl (C=O) groups is 1. The van der Waals surface area contributed by atoms with E-state index in [0.717, 1.165) is 25.3 Å². The molecule has 0 bridgehead atoms. The first kappa shape index (κ1) is 15.4. The van der Waals surface area contributed by atoms with Gasteiger partial charge in [0, 0.05) is 12.6 Å². The van der Waals surface area contributed by atoms with Crippen LogP contribution in [0.3, 0.4) is 0 Å². The standard InChI is InChI=1S/C14H28N2O2/c1-4-12(2)10-16-8-5-6-13(7-9-16)15(3)11-14(17)18/h12-13H,4-11H2,1-3H3,(H,17,18). The number of carboxylic acids is 1. The maximum absolute atomic E-state index is 10.7. The summed E-state index contributed by atoms with van der Waals surface area (Å²) in [5.74, 6) is 0.0384. The average molecular weight is 256 g/mol. The third kappa shape index (κ3) is 5.36. The molecule has 1 aliphatic rings. The van der Waals surface area contributed by atoms with Gasteiger partial charge in [0.25, 0.3) is 0 Å². The number of rotatable bonds is 6. The largest absolute Gasteiger partial charge is 0.480 e. The number of likely N-dealkylation sites (tertiary alicyclic amines) is 1. The highest BCUT2D eigenvalue weighted by Crippen LogP contribution is 2.17. The van der Waals surface area contributed by atoms with Crippen LogP contribution in [-0.2, 0) is 4.79 Å². The highest BCUT2D eigenvalue weighted by Gasteiger charge is 2.22. The van der Waals surface area contributed by atoms with Crippen LogP contribution in [0.2, 0.25) is 0 Å². The first-order chi connectivity index (χ1) is 8.52. The molecular formula is C14H28N2O2. The van der Waals surface area contributed by atoms with Crippen LogP contribution in [-0.4, -0.2) is 60.1 Å². The third-order valence-corrected chi connectivity index (χ3v) is 4.07. The molecule has 1 fully saturated rings. The van der Waals surface area contributed by atoms with Gasteiger partial charge in [-0.1, -0.05) is 20.3 Å². The summed E-state index contributed by atoms with van der Waals surface area (Å²) in [7, 11) is 1.93. The fourth-order valence-corrected chi connectivity index (χ4v) is 2.67. The van der Waals surface area contributed by atoms with Crippen LogP contribution >= 0.6 is 0 Å².